The summed E-state index contributed by atoms with van der Waals surface area (Å²) in [7, 11) is 1.58. The van der Waals surface area contributed by atoms with Gasteiger partial charge in [0, 0.05) is 24.2 Å². The average Bonchev–Trinajstić information content (AvgIpc) is 1.85. The van der Waals surface area contributed by atoms with Crippen LogP contribution in [0.4, 0.5) is 0 Å². The summed E-state index contributed by atoms with van der Waals surface area (Å²) >= 11 is 0. The van der Waals surface area contributed by atoms with Gasteiger partial charge in [0.25, 0.3) is 0 Å². The van der Waals surface area contributed by atoms with E-state index < -0.39 is 0 Å². The number of rotatable bonds is 1. The Hall–Kier alpha value is -0.990. The monoisotopic (exact) mass is 156 g/mol. The van der Waals surface area contributed by atoms with Gasteiger partial charge in [-0.3, -0.25) is 4.79 Å². The Bertz CT molecular complexity index is 177. The SMILES string of the molecule is CNC(=O)/C=C(\N)C(C)(C)C. The zero-order chi connectivity index (χ0) is 9.07. The highest BCUT2D eigenvalue weighted by Gasteiger charge is 2.14. The topological polar surface area (TPSA) is 55.1 Å². The second-order valence-electron chi connectivity index (χ2n) is 3.46. The largest absolute Gasteiger partial charge is 0.401 e. The van der Waals surface area contributed by atoms with Gasteiger partial charge in [-0.2, -0.15) is 0 Å². The predicted octanol–water partition coefficient (Wildman–Crippen LogP) is 0.621. The van der Waals surface area contributed by atoms with Gasteiger partial charge >= 0.3 is 0 Å². The molecule has 0 aliphatic heterocycles. The smallest absolute Gasteiger partial charge is 0.245 e. The highest BCUT2D eigenvalue weighted by atomic mass is 16.1. The minimum Gasteiger partial charge on any atom is -0.401 e. The first-order valence-electron chi connectivity index (χ1n) is 3.57. The molecule has 0 aromatic carbocycles. The van der Waals surface area contributed by atoms with Gasteiger partial charge in [0.1, 0.15) is 0 Å². The minimum atomic E-state index is -0.155. The van der Waals surface area contributed by atoms with E-state index in [1.54, 1.807) is 7.05 Å². The minimum absolute atomic E-state index is 0.132. The average molecular weight is 156 g/mol. The van der Waals surface area contributed by atoms with Crippen molar-refractivity contribution >= 4 is 5.91 Å². The van der Waals surface area contributed by atoms with E-state index in [0.717, 1.165) is 0 Å². The Kier molecular flexibility index (Phi) is 3.11. The van der Waals surface area contributed by atoms with Gasteiger partial charge in [-0.1, -0.05) is 20.8 Å². The number of hydrogen-bond donors (Lipinski definition) is 2. The summed E-state index contributed by atoms with van der Waals surface area (Å²) in [6, 6.07) is 0. The number of carbonyl (C=O) groups is 1. The van der Waals surface area contributed by atoms with Gasteiger partial charge < -0.3 is 11.1 Å². The first-order valence-corrected chi connectivity index (χ1v) is 3.57. The second-order valence-corrected chi connectivity index (χ2v) is 3.46. The molecule has 0 fully saturated rings. The third kappa shape index (κ3) is 3.65. The maximum absolute atomic E-state index is 10.8. The van der Waals surface area contributed by atoms with Crippen molar-refractivity contribution in [3.8, 4) is 0 Å². The first-order chi connectivity index (χ1) is 4.88. The van der Waals surface area contributed by atoms with Crippen LogP contribution >= 0.6 is 0 Å². The van der Waals surface area contributed by atoms with Crippen molar-refractivity contribution < 1.29 is 4.79 Å². The summed E-state index contributed by atoms with van der Waals surface area (Å²) in [4.78, 5) is 10.8. The second kappa shape index (κ2) is 3.42. The summed E-state index contributed by atoms with van der Waals surface area (Å²) in [5.74, 6) is -0.155. The number of likely N-dealkylation sites (N-methyl/N-ethyl adjacent to an activating group) is 1. The summed E-state index contributed by atoms with van der Waals surface area (Å²) < 4.78 is 0. The van der Waals surface area contributed by atoms with Crippen LogP contribution in [-0.2, 0) is 4.79 Å². The van der Waals surface area contributed by atoms with Crippen LogP contribution in [-0.4, -0.2) is 13.0 Å². The van der Waals surface area contributed by atoms with Gasteiger partial charge in [-0.15, -0.1) is 0 Å². The Morgan fingerprint density at radius 2 is 1.91 bits per heavy atom. The highest BCUT2D eigenvalue weighted by Crippen LogP contribution is 2.19. The molecule has 0 aromatic heterocycles. The zero-order valence-electron chi connectivity index (χ0n) is 7.56. The van der Waals surface area contributed by atoms with E-state index >= 15 is 0 Å². The van der Waals surface area contributed by atoms with Crippen molar-refractivity contribution in [1.29, 1.82) is 0 Å². The van der Waals surface area contributed by atoms with E-state index in [1.165, 1.54) is 6.08 Å². The molecular formula is C8H16N2O. The number of amides is 1. The van der Waals surface area contributed by atoms with E-state index in [-0.39, 0.29) is 11.3 Å². The molecule has 0 bridgehead atoms. The number of hydrogen-bond acceptors (Lipinski definition) is 2. The Morgan fingerprint density at radius 1 is 1.45 bits per heavy atom. The van der Waals surface area contributed by atoms with Crippen LogP contribution in [0.1, 0.15) is 20.8 Å². The van der Waals surface area contributed by atoms with Gasteiger partial charge in [0.15, 0.2) is 0 Å². The molecule has 0 aromatic rings. The number of allylic oxidation sites excluding steroid dienone is 1. The van der Waals surface area contributed by atoms with Gasteiger partial charge in [0.2, 0.25) is 5.91 Å². The van der Waals surface area contributed by atoms with Crippen molar-refractivity contribution in [2.75, 3.05) is 7.05 Å². The standard InChI is InChI=1S/C8H16N2O/c1-8(2,3)6(9)5-7(11)10-4/h5H,9H2,1-4H3,(H,10,11)/b6-5-. The van der Waals surface area contributed by atoms with Crippen LogP contribution in [0.15, 0.2) is 11.8 Å². The molecule has 0 atom stereocenters. The fourth-order valence-corrected chi connectivity index (χ4v) is 0.430. The van der Waals surface area contributed by atoms with E-state index in [1.807, 2.05) is 20.8 Å². The van der Waals surface area contributed by atoms with Crippen LogP contribution in [0.25, 0.3) is 0 Å². The molecule has 0 saturated heterocycles. The Morgan fingerprint density at radius 3 is 2.18 bits per heavy atom. The molecule has 3 heteroatoms. The molecule has 11 heavy (non-hydrogen) atoms. The molecule has 0 radical (unpaired) electrons. The van der Waals surface area contributed by atoms with Crippen LogP contribution in [0.3, 0.4) is 0 Å². The highest BCUT2D eigenvalue weighted by molar-refractivity contribution is 5.87. The number of carbonyl (C=O) groups excluding carboxylic acids is 1. The molecule has 1 amide bonds. The number of nitrogens with two attached hydrogens (primary N) is 1. The van der Waals surface area contributed by atoms with Crippen LogP contribution in [0.2, 0.25) is 0 Å². The summed E-state index contributed by atoms with van der Waals surface area (Å²) in [5.41, 5.74) is 6.09. The molecular weight excluding hydrogens is 140 g/mol. The van der Waals surface area contributed by atoms with Crippen molar-refractivity contribution in [3.05, 3.63) is 11.8 Å². The molecule has 0 heterocycles. The quantitative estimate of drug-likeness (QED) is 0.547. The van der Waals surface area contributed by atoms with Crippen LogP contribution < -0.4 is 11.1 Å². The number of nitrogens with one attached hydrogen (secondary N) is 1. The summed E-state index contributed by atoms with van der Waals surface area (Å²) in [6.07, 6.45) is 1.42. The Balaban J connectivity index is 4.35. The van der Waals surface area contributed by atoms with Crippen LogP contribution in [0, 0.1) is 5.41 Å². The molecule has 0 aliphatic carbocycles. The Labute approximate surface area is 67.7 Å². The van der Waals surface area contributed by atoms with Crippen LogP contribution in [0.5, 0.6) is 0 Å². The predicted molar refractivity (Wildman–Crippen MR) is 45.8 cm³/mol. The first kappa shape index (κ1) is 10.0. The molecule has 0 aliphatic rings. The van der Waals surface area contributed by atoms with Crippen molar-refractivity contribution in [2.45, 2.75) is 20.8 Å². The van der Waals surface area contributed by atoms with Crippen molar-refractivity contribution in [3.63, 3.8) is 0 Å². The lowest BCUT2D eigenvalue weighted by atomic mass is 9.92. The van der Waals surface area contributed by atoms with Gasteiger partial charge in [-0.25, -0.2) is 0 Å². The lowest BCUT2D eigenvalue weighted by Crippen LogP contribution is -2.22. The van der Waals surface area contributed by atoms with E-state index in [4.69, 9.17) is 5.73 Å². The zero-order valence-corrected chi connectivity index (χ0v) is 7.56. The van der Waals surface area contributed by atoms with E-state index in [2.05, 4.69) is 5.32 Å². The van der Waals surface area contributed by atoms with Gasteiger partial charge in [0.05, 0.1) is 0 Å². The van der Waals surface area contributed by atoms with Crippen molar-refractivity contribution in [2.24, 2.45) is 11.1 Å². The lowest BCUT2D eigenvalue weighted by molar-refractivity contribution is -0.116. The van der Waals surface area contributed by atoms with E-state index in [9.17, 15) is 4.79 Å². The molecule has 0 rings (SSSR count). The fraction of sp³-hybridized carbons (Fsp3) is 0.625. The normalized spacial score (nSPS) is 12.9. The molecule has 3 nitrogen and oxygen atoms in total. The summed E-state index contributed by atoms with van der Waals surface area (Å²) in [5, 5.41) is 2.47. The molecule has 0 saturated carbocycles. The fourth-order valence-electron chi connectivity index (χ4n) is 0.430. The van der Waals surface area contributed by atoms with Crippen molar-refractivity contribution in [1.82, 2.24) is 5.32 Å². The van der Waals surface area contributed by atoms with E-state index in [0.29, 0.717) is 5.70 Å². The maximum Gasteiger partial charge on any atom is 0.245 e. The molecule has 3 N–H and O–H groups in total. The lowest BCUT2D eigenvalue weighted by Gasteiger charge is -2.18. The molecule has 0 unspecified atom stereocenters. The maximum atomic E-state index is 10.8. The van der Waals surface area contributed by atoms with Gasteiger partial charge in [-0.05, 0) is 0 Å². The molecule has 64 valence electrons. The third-order valence-corrected chi connectivity index (χ3v) is 1.40. The third-order valence-electron chi connectivity index (χ3n) is 1.40. The molecule has 0 spiro atoms. The summed E-state index contributed by atoms with van der Waals surface area (Å²) in [6.45, 7) is 5.88.